The van der Waals surface area contributed by atoms with E-state index in [0.717, 1.165) is 0 Å². The summed E-state index contributed by atoms with van der Waals surface area (Å²) in [4.78, 5) is -0.135. The van der Waals surface area contributed by atoms with Crippen LogP contribution in [0.1, 0.15) is 11.1 Å². The van der Waals surface area contributed by atoms with Gasteiger partial charge in [-0.2, -0.15) is 18.9 Å². The Morgan fingerprint density at radius 3 is 2.40 bits per heavy atom. The summed E-state index contributed by atoms with van der Waals surface area (Å²) < 4.78 is 29.1. The molecule has 98 valence electrons. The van der Waals surface area contributed by atoms with Crippen LogP contribution in [0.15, 0.2) is 53.4 Å². The number of nitrogens with zero attached hydrogens (tertiary/aromatic N) is 2. The van der Waals surface area contributed by atoms with E-state index < -0.39 is 10.1 Å². The highest BCUT2D eigenvalue weighted by Gasteiger charge is 2.18. The molecule has 0 aliphatic heterocycles. The maximum absolute atomic E-state index is 12.1. The van der Waals surface area contributed by atoms with Crippen LogP contribution in [0.4, 0.5) is 0 Å². The van der Waals surface area contributed by atoms with Gasteiger partial charge in [-0.25, -0.2) is 0 Å². The number of rotatable bonds is 3. The van der Waals surface area contributed by atoms with Crippen molar-refractivity contribution in [2.75, 3.05) is 0 Å². The molecule has 0 aliphatic rings. The van der Waals surface area contributed by atoms with E-state index in [2.05, 4.69) is 0 Å². The molecular weight excluding hydrogens is 276 g/mol. The summed E-state index contributed by atoms with van der Waals surface area (Å²) in [5.74, 6) is -0.0441. The first-order valence-corrected chi connectivity index (χ1v) is 6.91. The van der Waals surface area contributed by atoms with E-state index in [1.807, 2.05) is 12.1 Å². The summed E-state index contributed by atoms with van der Waals surface area (Å²) in [5.41, 5.74) is 0.329. The molecule has 0 heterocycles. The normalized spacial score (nSPS) is 10.3. The van der Waals surface area contributed by atoms with Crippen LogP contribution >= 0.6 is 0 Å². The molecule has 0 radical (unpaired) electrons. The van der Waals surface area contributed by atoms with Crippen LogP contribution in [0.3, 0.4) is 0 Å². The van der Waals surface area contributed by atoms with Gasteiger partial charge in [0.2, 0.25) is 0 Å². The zero-order chi connectivity index (χ0) is 14.6. The van der Waals surface area contributed by atoms with Gasteiger partial charge >= 0.3 is 10.1 Å². The van der Waals surface area contributed by atoms with Crippen molar-refractivity contribution in [3.63, 3.8) is 0 Å². The lowest BCUT2D eigenvalue weighted by Crippen LogP contribution is -2.10. The lowest BCUT2D eigenvalue weighted by atomic mass is 10.2. The Hall–Kier alpha value is -2.83. The van der Waals surface area contributed by atoms with Crippen LogP contribution in [0.5, 0.6) is 5.75 Å². The van der Waals surface area contributed by atoms with Gasteiger partial charge in [0, 0.05) is 0 Å². The van der Waals surface area contributed by atoms with Crippen LogP contribution in [-0.4, -0.2) is 8.42 Å². The predicted molar refractivity (Wildman–Crippen MR) is 70.1 cm³/mol. The first kappa shape index (κ1) is 13.6. The van der Waals surface area contributed by atoms with Crippen LogP contribution in [0.2, 0.25) is 0 Å². The van der Waals surface area contributed by atoms with E-state index in [0.29, 0.717) is 0 Å². The first-order chi connectivity index (χ1) is 9.56. The van der Waals surface area contributed by atoms with Crippen LogP contribution in [0, 0.1) is 22.7 Å². The zero-order valence-electron chi connectivity index (χ0n) is 10.1. The first-order valence-electron chi connectivity index (χ1n) is 5.50. The molecule has 2 aromatic carbocycles. The molecule has 0 bridgehead atoms. The average molecular weight is 284 g/mol. The van der Waals surface area contributed by atoms with E-state index in [1.165, 1.54) is 36.4 Å². The van der Waals surface area contributed by atoms with E-state index >= 15 is 0 Å². The van der Waals surface area contributed by atoms with Gasteiger partial charge in [0.25, 0.3) is 0 Å². The molecule has 0 N–H and O–H groups in total. The fraction of sp³-hybridized carbons (Fsp3) is 0. The summed E-state index contributed by atoms with van der Waals surface area (Å²) in [5, 5.41) is 17.7. The monoisotopic (exact) mass is 284 g/mol. The van der Waals surface area contributed by atoms with Crippen LogP contribution < -0.4 is 4.18 Å². The number of para-hydroxylation sites is 1. The molecule has 0 aliphatic carbocycles. The standard InChI is InChI=1S/C14H8N2O3S/c15-9-11-4-3-6-13(8-11)20(17,18)19-14-7-2-1-5-12(14)10-16/h1-8H. The van der Waals surface area contributed by atoms with Gasteiger partial charge < -0.3 is 4.18 Å². The molecule has 6 heteroatoms. The third-order valence-electron chi connectivity index (χ3n) is 2.46. The van der Waals surface area contributed by atoms with Crippen molar-refractivity contribution in [3.05, 3.63) is 59.7 Å². The minimum absolute atomic E-state index is 0.0441. The van der Waals surface area contributed by atoms with Crippen molar-refractivity contribution >= 4 is 10.1 Å². The molecular formula is C14H8N2O3S. The largest absolute Gasteiger partial charge is 0.378 e. The molecule has 0 fully saturated rings. The van der Waals surface area contributed by atoms with Crippen molar-refractivity contribution in [2.24, 2.45) is 0 Å². The van der Waals surface area contributed by atoms with Gasteiger partial charge in [0.05, 0.1) is 17.2 Å². The van der Waals surface area contributed by atoms with Gasteiger partial charge in [-0.3, -0.25) is 0 Å². The third kappa shape index (κ3) is 2.77. The van der Waals surface area contributed by atoms with Crippen LogP contribution in [0.25, 0.3) is 0 Å². The van der Waals surface area contributed by atoms with E-state index in [9.17, 15) is 8.42 Å². The second-order valence-corrected chi connectivity index (χ2v) is 5.33. The SMILES string of the molecule is N#Cc1cccc(S(=O)(=O)Oc2ccccc2C#N)c1. The van der Waals surface area contributed by atoms with Gasteiger partial charge in [0.1, 0.15) is 11.0 Å². The van der Waals surface area contributed by atoms with E-state index in [-0.39, 0.29) is 21.8 Å². The molecule has 2 rings (SSSR count). The van der Waals surface area contributed by atoms with Gasteiger partial charge in [-0.1, -0.05) is 18.2 Å². The van der Waals surface area contributed by atoms with E-state index in [4.69, 9.17) is 14.7 Å². The molecule has 20 heavy (non-hydrogen) atoms. The van der Waals surface area contributed by atoms with Crippen molar-refractivity contribution in [1.29, 1.82) is 10.5 Å². The fourth-order valence-corrected chi connectivity index (χ4v) is 2.51. The summed E-state index contributed by atoms with van der Waals surface area (Å²) in [6.07, 6.45) is 0. The molecule has 0 amide bonds. The summed E-state index contributed by atoms with van der Waals surface area (Å²) in [7, 11) is -4.08. The molecule has 0 unspecified atom stereocenters. The predicted octanol–water partition coefficient (Wildman–Crippen LogP) is 2.20. The highest BCUT2D eigenvalue weighted by atomic mass is 32.2. The minimum atomic E-state index is -4.08. The van der Waals surface area contributed by atoms with Crippen molar-refractivity contribution in [1.82, 2.24) is 0 Å². The molecule has 2 aromatic rings. The second kappa shape index (κ2) is 5.43. The maximum Gasteiger partial charge on any atom is 0.339 e. The molecule has 0 saturated carbocycles. The Morgan fingerprint density at radius 1 is 0.950 bits per heavy atom. The maximum atomic E-state index is 12.1. The van der Waals surface area contributed by atoms with E-state index in [1.54, 1.807) is 12.1 Å². The molecule has 0 spiro atoms. The molecule has 0 aromatic heterocycles. The van der Waals surface area contributed by atoms with Crippen LogP contribution in [-0.2, 0) is 10.1 Å². The summed E-state index contributed by atoms with van der Waals surface area (Å²) in [6, 6.07) is 15.2. The lowest BCUT2D eigenvalue weighted by molar-refractivity contribution is 0.485. The van der Waals surface area contributed by atoms with Gasteiger partial charge in [-0.15, -0.1) is 0 Å². The minimum Gasteiger partial charge on any atom is -0.378 e. The molecule has 0 atom stereocenters. The third-order valence-corrected chi connectivity index (χ3v) is 3.69. The zero-order valence-corrected chi connectivity index (χ0v) is 11.0. The summed E-state index contributed by atoms with van der Waals surface area (Å²) >= 11 is 0. The Balaban J connectivity index is 2.42. The Morgan fingerprint density at radius 2 is 1.70 bits per heavy atom. The van der Waals surface area contributed by atoms with Gasteiger partial charge in [-0.05, 0) is 30.3 Å². The lowest BCUT2D eigenvalue weighted by Gasteiger charge is -2.08. The number of nitriles is 2. The van der Waals surface area contributed by atoms with Crippen molar-refractivity contribution in [3.8, 4) is 17.9 Å². The second-order valence-electron chi connectivity index (χ2n) is 3.79. The number of hydrogen-bond donors (Lipinski definition) is 0. The molecule has 5 nitrogen and oxygen atoms in total. The highest BCUT2D eigenvalue weighted by molar-refractivity contribution is 7.87. The topological polar surface area (TPSA) is 90.9 Å². The van der Waals surface area contributed by atoms with Crippen molar-refractivity contribution in [2.45, 2.75) is 4.90 Å². The number of hydrogen-bond acceptors (Lipinski definition) is 5. The average Bonchev–Trinajstić information content (AvgIpc) is 2.47. The fourth-order valence-electron chi connectivity index (χ4n) is 1.52. The Labute approximate surface area is 116 Å². The highest BCUT2D eigenvalue weighted by Crippen LogP contribution is 2.22. The summed E-state index contributed by atoms with van der Waals surface area (Å²) in [6.45, 7) is 0. The van der Waals surface area contributed by atoms with Gasteiger partial charge in [0.15, 0.2) is 5.75 Å². The smallest absolute Gasteiger partial charge is 0.339 e. The van der Waals surface area contributed by atoms with Crippen molar-refractivity contribution < 1.29 is 12.6 Å². The quantitative estimate of drug-likeness (QED) is 0.806. The Bertz CT molecular complexity index is 830. The number of benzene rings is 2. The molecule has 0 saturated heterocycles. The Kier molecular flexibility index (Phi) is 3.69.